The second-order valence-electron chi connectivity index (χ2n) is 15.9. The number of H-pyrrole nitrogens is 2. The van der Waals surface area contributed by atoms with Gasteiger partial charge in [-0.05, 0) is 85.6 Å². The molecular weight excluding hydrogens is 803 g/mol. The maximum atomic E-state index is 13.7. The smallest absolute Gasteiger partial charge is 0.407 e. The van der Waals surface area contributed by atoms with E-state index in [1.165, 1.54) is 30.2 Å². The van der Waals surface area contributed by atoms with E-state index in [0.717, 1.165) is 60.1 Å². The second-order valence-corrected chi connectivity index (χ2v) is 17.7. The topological polar surface area (TPSA) is 175 Å². The van der Waals surface area contributed by atoms with Crippen molar-refractivity contribution in [2.24, 2.45) is 11.8 Å². The van der Waals surface area contributed by atoms with Gasteiger partial charge >= 0.3 is 12.2 Å². The molecule has 17 heteroatoms. The average Bonchev–Trinajstić information content (AvgIpc) is 4.05. The third-order valence-corrected chi connectivity index (χ3v) is 13.5. The van der Waals surface area contributed by atoms with Gasteiger partial charge < -0.3 is 39.9 Å². The highest BCUT2D eigenvalue weighted by atomic mass is 35.5. The first-order valence-electron chi connectivity index (χ1n) is 19.8. The number of halogens is 2. The number of carbonyl (C=O) groups is 4. The summed E-state index contributed by atoms with van der Waals surface area (Å²) >= 11 is 15.4. The van der Waals surface area contributed by atoms with Gasteiger partial charge in [-0.15, -0.1) is 11.3 Å². The number of alkyl carbamates (subject to hydrolysis) is 2. The van der Waals surface area contributed by atoms with Crippen molar-refractivity contribution in [3.05, 3.63) is 56.8 Å². The maximum Gasteiger partial charge on any atom is 0.407 e. The zero-order chi connectivity index (χ0) is 41.6. The first-order chi connectivity index (χ1) is 27.7. The summed E-state index contributed by atoms with van der Waals surface area (Å²) in [4.78, 5) is 73.8. The molecule has 2 saturated heterocycles. The van der Waals surface area contributed by atoms with Crippen LogP contribution in [0.1, 0.15) is 93.8 Å². The number of benzene rings is 1. The minimum atomic E-state index is -0.731. The van der Waals surface area contributed by atoms with Crippen LogP contribution in [0.3, 0.4) is 0 Å². The fourth-order valence-corrected chi connectivity index (χ4v) is 10.5. The summed E-state index contributed by atoms with van der Waals surface area (Å²) in [6, 6.07) is 4.23. The minimum Gasteiger partial charge on any atom is -0.453 e. The van der Waals surface area contributed by atoms with Crippen molar-refractivity contribution in [3.63, 3.8) is 0 Å². The van der Waals surface area contributed by atoms with E-state index in [-0.39, 0.29) is 35.7 Å². The molecule has 3 aliphatic rings. The van der Waals surface area contributed by atoms with Crippen LogP contribution >= 0.6 is 34.5 Å². The van der Waals surface area contributed by atoms with E-state index in [4.69, 9.17) is 42.6 Å². The number of nitrogens with zero attached hydrogens (tertiary/aromatic N) is 4. The molecular formula is C41H50Cl2N8O6S. The number of likely N-dealkylation sites (tertiary alicyclic amines) is 2. The zero-order valence-corrected chi connectivity index (χ0v) is 36.1. The van der Waals surface area contributed by atoms with Crippen LogP contribution in [0, 0.1) is 18.8 Å². The van der Waals surface area contributed by atoms with E-state index in [1.807, 2.05) is 33.8 Å². The molecule has 14 nitrogen and oxygen atoms in total. The van der Waals surface area contributed by atoms with Crippen LogP contribution in [-0.4, -0.2) is 93.1 Å². The summed E-state index contributed by atoms with van der Waals surface area (Å²) in [7, 11) is 2.56. The molecule has 7 rings (SSSR count). The highest BCUT2D eigenvalue weighted by Gasteiger charge is 2.40. The predicted molar refractivity (Wildman–Crippen MR) is 223 cm³/mol. The van der Waals surface area contributed by atoms with Gasteiger partial charge in [-0.1, -0.05) is 63.0 Å². The van der Waals surface area contributed by atoms with Crippen molar-refractivity contribution in [2.45, 2.75) is 97.3 Å². The Hall–Kier alpha value is -4.60. The Kier molecular flexibility index (Phi) is 12.1. The lowest BCUT2D eigenvalue weighted by Gasteiger charge is -2.29. The molecule has 2 aliphatic heterocycles. The third kappa shape index (κ3) is 7.80. The van der Waals surface area contributed by atoms with E-state index in [0.29, 0.717) is 46.4 Å². The van der Waals surface area contributed by atoms with Gasteiger partial charge in [0, 0.05) is 23.5 Å². The number of ether oxygens (including phenoxy) is 2. The van der Waals surface area contributed by atoms with Gasteiger partial charge in [0.2, 0.25) is 11.8 Å². The number of methoxy groups -OCH3 is 2. The quantitative estimate of drug-likeness (QED) is 0.124. The Morgan fingerprint density at radius 2 is 1.31 bits per heavy atom. The van der Waals surface area contributed by atoms with Gasteiger partial charge in [0.15, 0.2) is 0 Å². The molecule has 5 heterocycles. The summed E-state index contributed by atoms with van der Waals surface area (Å²) in [5, 5.41) is 6.22. The molecule has 0 radical (unpaired) electrons. The first kappa shape index (κ1) is 41.6. The zero-order valence-electron chi connectivity index (χ0n) is 33.8. The number of hydrogen-bond donors (Lipinski definition) is 4. The van der Waals surface area contributed by atoms with Crippen LogP contribution in [0.25, 0.3) is 32.3 Å². The molecule has 4 amide bonds. The van der Waals surface area contributed by atoms with Gasteiger partial charge in [0.25, 0.3) is 0 Å². The van der Waals surface area contributed by atoms with Crippen LogP contribution in [0.2, 0.25) is 10.3 Å². The Balaban J connectivity index is 1.12. The van der Waals surface area contributed by atoms with E-state index in [9.17, 15) is 19.2 Å². The number of thiophene rings is 1. The number of rotatable bonds is 10. The number of nitrogens with one attached hydrogen (secondary N) is 4. The lowest BCUT2D eigenvalue weighted by molar-refractivity contribution is -0.136. The molecule has 4 atom stereocenters. The van der Waals surface area contributed by atoms with Crippen LogP contribution in [0.15, 0.2) is 18.2 Å². The SMILES string of the molecule is COC(=O)NC(C(=O)N1CCC[C@H]1c1nc(-c2ccc3c(c2)CCc2c-3sc(-c3nc([C@@H]4CCCN4C(=O)[C@@H](NC(=O)OC)C(C)C)[nH]c3Cl)c2C)c(Cl)[nH]1)C(C)C. The summed E-state index contributed by atoms with van der Waals surface area (Å²) in [5.41, 5.74) is 6.88. The Bertz CT molecular complexity index is 2230. The Labute approximate surface area is 351 Å². The Morgan fingerprint density at radius 1 is 0.793 bits per heavy atom. The molecule has 4 N–H and O–H groups in total. The monoisotopic (exact) mass is 852 g/mol. The predicted octanol–water partition coefficient (Wildman–Crippen LogP) is 8.00. The van der Waals surface area contributed by atoms with Crippen LogP contribution in [0.4, 0.5) is 9.59 Å². The van der Waals surface area contributed by atoms with Crippen molar-refractivity contribution in [3.8, 4) is 32.3 Å². The van der Waals surface area contributed by atoms with E-state index in [1.54, 1.807) is 21.1 Å². The lowest BCUT2D eigenvalue weighted by atomic mass is 9.88. The summed E-state index contributed by atoms with van der Waals surface area (Å²) in [6.45, 7) is 10.8. The van der Waals surface area contributed by atoms with Crippen molar-refractivity contribution in [2.75, 3.05) is 27.3 Å². The van der Waals surface area contributed by atoms with E-state index < -0.39 is 24.3 Å². The standard InChI is InChI=1S/C41H50Cl2N8O6S/c1-19(2)28(46-40(54)56-6)38(52)50-16-8-10-26(50)36-44-30(34(42)48-36)23-13-15-25-22(18-23)12-14-24-21(5)32(58-33(24)25)31-35(43)49-37(45-31)27-11-9-17-51(27)39(53)29(20(3)4)47-41(55)57-7/h13,15,18-20,26-29H,8-12,14,16-17H2,1-7H3,(H,44,48)(H,45,49)(H,46,54)(H,47,55)/t26-,27-,28?,29-/m0/s1. The number of imidazole rings is 2. The molecule has 0 spiro atoms. The van der Waals surface area contributed by atoms with Gasteiger partial charge in [-0.25, -0.2) is 19.6 Å². The molecule has 4 aromatic rings. The number of aryl methyl sites for hydroxylation is 1. The average molecular weight is 854 g/mol. The van der Waals surface area contributed by atoms with Gasteiger partial charge in [0.05, 0.1) is 31.2 Å². The lowest BCUT2D eigenvalue weighted by Crippen LogP contribution is -2.51. The normalized spacial score (nSPS) is 18.6. The fourth-order valence-electron chi connectivity index (χ4n) is 8.50. The molecule has 310 valence electrons. The third-order valence-electron chi connectivity index (χ3n) is 11.6. The van der Waals surface area contributed by atoms with E-state index in [2.05, 4.69) is 39.7 Å². The van der Waals surface area contributed by atoms with Crippen molar-refractivity contribution in [1.82, 2.24) is 40.4 Å². The summed E-state index contributed by atoms with van der Waals surface area (Å²) < 4.78 is 9.56. The molecule has 0 bridgehead atoms. The number of carbonyl (C=O) groups excluding carboxylic acids is 4. The molecule has 1 aromatic carbocycles. The molecule has 3 aromatic heterocycles. The van der Waals surface area contributed by atoms with Crippen molar-refractivity contribution >= 4 is 58.5 Å². The molecule has 1 unspecified atom stereocenters. The Morgan fingerprint density at radius 3 is 1.83 bits per heavy atom. The molecule has 58 heavy (non-hydrogen) atoms. The molecule has 1 aliphatic carbocycles. The first-order valence-corrected chi connectivity index (χ1v) is 21.4. The minimum absolute atomic E-state index is 0.140. The van der Waals surface area contributed by atoms with Crippen molar-refractivity contribution in [1.29, 1.82) is 0 Å². The number of hydrogen-bond acceptors (Lipinski definition) is 9. The number of aromatic nitrogens is 4. The highest BCUT2D eigenvalue weighted by Crippen LogP contribution is 2.48. The van der Waals surface area contributed by atoms with Gasteiger partial charge in [-0.2, -0.15) is 0 Å². The highest BCUT2D eigenvalue weighted by molar-refractivity contribution is 7.19. The molecule has 0 saturated carbocycles. The van der Waals surface area contributed by atoms with Crippen LogP contribution in [0.5, 0.6) is 0 Å². The maximum absolute atomic E-state index is 13.7. The van der Waals surface area contributed by atoms with Crippen LogP contribution in [-0.2, 0) is 31.9 Å². The second kappa shape index (κ2) is 16.9. The summed E-state index contributed by atoms with van der Waals surface area (Å²) in [5.74, 6) is 0.600. The fraction of sp³-hybridized carbons (Fsp3) is 0.512. The van der Waals surface area contributed by atoms with Gasteiger partial charge in [0.1, 0.15) is 45.4 Å². The largest absolute Gasteiger partial charge is 0.453 e. The van der Waals surface area contributed by atoms with Crippen LogP contribution < -0.4 is 10.6 Å². The molecule has 2 fully saturated rings. The summed E-state index contributed by atoms with van der Waals surface area (Å²) in [6.07, 6.45) is 3.42. The number of fused-ring (bicyclic) bond motifs is 3. The van der Waals surface area contributed by atoms with E-state index >= 15 is 0 Å². The number of amides is 4. The van der Waals surface area contributed by atoms with Gasteiger partial charge in [-0.3, -0.25) is 9.59 Å². The van der Waals surface area contributed by atoms with Crippen molar-refractivity contribution < 1.29 is 28.7 Å². The number of aromatic amines is 2.